The lowest BCUT2D eigenvalue weighted by Crippen LogP contribution is -2.16. The molecule has 4 nitrogen and oxygen atoms in total. The largest absolute Gasteiger partial charge is 0.497 e. The Labute approximate surface area is 139 Å². The first-order chi connectivity index (χ1) is 10.1. The van der Waals surface area contributed by atoms with Crippen molar-refractivity contribution in [2.45, 2.75) is 18.9 Å². The Bertz CT molecular complexity index is 693. The van der Waals surface area contributed by atoms with Gasteiger partial charge in [-0.05, 0) is 47.0 Å². The molecule has 21 heavy (non-hydrogen) atoms. The third kappa shape index (κ3) is 3.32. The number of ether oxygens (including phenoxy) is 1. The summed E-state index contributed by atoms with van der Waals surface area (Å²) in [4.78, 5) is 12.5. The molecule has 1 aliphatic rings. The van der Waals surface area contributed by atoms with Crippen LogP contribution in [0.2, 0.25) is 0 Å². The number of halogens is 2. The molecule has 1 aliphatic carbocycles. The predicted molar refractivity (Wildman–Crippen MR) is 89.1 cm³/mol. The van der Waals surface area contributed by atoms with E-state index in [1.165, 1.54) is 0 Å². The number of carbonyl (C=O) groups excluding carboxylic acids is 1. The van der Waals surface area contributed by atoms with Gasteiger partial charge in [-0.1, -0.05) is 15.9 Å². The van der Waals surface area contributed by atoms with Crippen LogP contribution in [0.5, 0.6) is 5.75 Å². The van der Waals surface area contributed by atoms with Gasteiger partial charge in [0.15, 0.2) is 0 Å². The molecule has 1 aromatic carbocycles. The van der Waals surface area contributed by atoms with Crippen molar-refractivity contribution < 1.29 is 9.53 Å². The second-order valence-electron chi connectivity index (χ2n) is 5.02. The molecule has 0 spiro atoms. The van der Waals surface area contributed by atoms with Crippen LogP contribution in [0.3, 0.4) is 0 Å². The molecule has 110 valence electrons. The molecule has 1 fully saturated rings. The van der Waals surface area contributed by atoms with Crippen LogP contribution >= 0.6 is 31.9 Å². The van der Waals surface area contributed by atoms with E-state index in [2.05, 4.69) is 37.2 Å². The minimum atomic E-state index is -0.118. The molecule has 2 aromatic rings. The van der Waals surface area contributed by atoms with Crippen molar-refractivity contribution in [3.63, 3.8) is 0 Å². The Morgan fingerprint density at radius 2 is 2.00 bits per heavy atom. The number of anilines is 1. The number of aromatic nitrogens is 1. The van der Waals surface area contributed by atoms with Crippen molar-refractivity contribution >= 4 is 43.5 Å². The van der Waals surface area contributed by atoms with Crippen LogP contribution in [-0.2, 0) is 0 Å². The first-order valence-electron chi connectivity index (χ1n) is 6.60. The lowest BCUT2D eigenvalue weighted by atomic mass is 10.3. The summed E-state index contributed by atoms with van der Waals surface area (Å²) in [7, 11) is 1.60. The third-order valence-corrected chi connectivity index (χ3v) is 4.24. The molecular formula is C15H14Br2N2O2. The third-order valence-electron chi connectivity index (χ3n) is 3.35. The predicted octanol–water partition coefficient (Wildman–Crippen LogP) is 4.61. The van der Waals surface area contributed by atoms with Crippen LogP contribution in [0.25, 0.3) is 0 Å². The van der Waals surface area contributed by atoms with Crippen molar-refractivity contribution in [1.29, 1.82) is 0 Å². The highest BCUT2D eigenvalue weighted by Gasteiger charge is 2.27. The Balaban J connectivity index is 1.85. The maximum atomic E-state index is 12.5. The maximum absolute atomic E-state index is 12.5. The van der Waals surface area contributed by atoms with Gasteiger partial charge in [0, 0.05) is 32.9 Å². The summed E-state index contributed by atoms with van der Waals surface area (Å²) in [5, 5.41) is 2.92. The standard InChI is InChI=1S/C15H14Br2N2O2/c1-21-13-5-9(16)4-11(7-13)18-15(20)14-6-10(17)8-19(14)12-2-3-12/h4-8,12H,2-3H2,1H3,(H,18,20). The van der Waals surface area contributed by atoms with Crippen LogP contribution in [0.15, 0.2) is 39.4 Å². The first kappa shape index (κ1) is 14.7. The van der Waals surface area contributed by atoms with Crippen LogP contribution in [0, 0.1) is 0 Å². The molecule has 0 aliphatic heterocycles. The highest BCUT2D eigenvalue weighted by molar-refractivity contribution is 9.10. The highest BCUT2D eigenvalue weighted by atomic mass is 79.9. The second kappa shape index (κ2) is 5.85. The number of hydrogen-bond acceptors (Lipinski definition) is 2. The van der Waals surface area contributed by atoms with E-state index in [4.69, 9.17) is 4.74 Å². The van der Waals surface area contributed by atoms with E-state index < -0.39 is 0 Å². The minimum Gasteiger partial charge on any atom is -0.497 e. The quantitative estimate of drug-likeness (QED) is 0.795. The van der Waals surface area contributed by atoms with Crippen molar-refractivity contribution in [2.75, 3.05) is 12.4 Å². The topological polar surface area (TPSA) is 43.3 Å². The summed E-state index contributed by atoms with van der Waals surface area (Å²) in [5.74, 6) is 0.575. The molecule has 0 bridgehead atoms. The number of hydrogen-bond donors (Lipinski definition) is 1. The van der Waals surface area contributed by atoms with Gasteiger partial charge in [0.05, 0.1) is 7.11 Å². The van der Waals surface area contributed by atoms with E-state index >= 15 is 0 Å². The Morgan fingerprint density at radius 3 is 2.67 bits per heavy atom. The number of nitrogens with zero attached hydrogens (tertiary/aromatic N) is 1. The number of amides is 1. The fraction of sp³-hybridized carbons (Fsp3) is 0.267. The lowest BCUT2D eigenvalue weighted by molar-refractivity contribution is 0.101. The number of nitrogens with one attached hydrogen (secondary N) is 1. The monoisotopic (exact) mass is 412 g/mol. The smallest absolute Gasteiger partial charge is 0.272 e. The molecule has 3 rings (SSSR count). The van der Waals surface area contributed by atoms with Crippen LogP contribution in [-0.4, -0.2) is 17.6 Å². The summed E-state index contributed by atoms with van der Waals surface area (Å²) in [5.41, 5.74) is 1.37. The molecule has 1 heterocycles. The summed E-state index contributed by atoms with van der Waals surface area (Å²) >= 11 is 6.85. The van der Waals surface area contributed by atoms with Gasteiger partial charge < -0.3 is 14.6 Å². The van der Waals surface area contributed by atoms with Gasteiger partial charge in [-0.2, -0.15) is 0 Å². The van der Waals surface area contributed by atoms with Crippen molar-refractivity contribution in [3.8, 4) is 5.75 Å². The number of benzene rings is 1. The molecule has 1 amide bonds. The molecule has 1 N–H and O–H groups in total. The normalized spacial score (nSPS) is 14.0. The fourth-order valence-electron chi connectivity index (χ4n) is 2.23. The molecule has 1 saturated carbocycles. The van der Waals surface area contributed by atoms with Crippen LogP contribution < -0.4 is 10.1 Å². The SMILES string of the molecule is COc1cc(Br)cc(NC(=O)c2cc(Br)cn2C2CC2)c1. The molecule has 0 unspecified atom stereocenters. The molecule has 0 saturated heterocycles. The van der Waals surface area contributed by atoms with Gasteiger partial charge in [0.2, 0.25) is 0 Å². The van der Waals surface area contributed by atoms with Crippen molar-refractivity contribution in [1.82, 2.24) is 4.57 Å². The zero-order chi connectivity index (χ0) is 15.0. The van der Waals surface area contributed by atoms with E-state index in [1.807, 2.05) is 29.0 Å². The maximum Gasteiger partial charge on any atom is 0.272 e. The number of methoxy groups -OCH3 is 1. The van der Waals surface area contributed by atoms with Gasteiger partial charge in [-0.15, -0.1) is 0 Å². The molecule has 1 aromatic heterocycles. The Hall–Kier alpha value is -1.27. The van der Waals surface area contributed by atoms with Gasteiger partial charge >= 0.3 is 0 Å². The first-order valence-corrected chi connectivity index (χ1v) is 8.19. The molecule has 6 heteroatoms. The van der Waals surface area contributed by atoms with Gasteiger partial charge in [0.1, 0.15) is 11.4 Å². The Kier molecular flexibility index (Phi) is 4.08. The fourth-order valence-corrected chi connectivity index (χ4v) is 3.14. The van der Waals surface area contributed by atoms with Crippen LogP contribution in [0.1, 0.15) is 29.4 Å². The average molecular weight is 414 g/mol. The summed E-state index contributed by atoms with van der Waals surface area (Å²) < 4.78 is 9.02. The number of rotatable bonds is 4. The minimum absolute atomic E-state index is 0.118. The molecule has 0 radical (unpaired) electrons. The van der Waals surface area contributed by atoms with E-state index in [1.54, 1.807) is 13.2 Å². The van der Waals surface area contributed by atoms with Gasteiger partial charge in [-0.25, -0.2) is 0 Å². The van der Waals surface area contributed by atoms with Crippen LogP contribution in [0.4, 0.5) is 5.69 Å². The van der Waals surface area contributed by atoms with E-state index in [0.29, 0.717) is 23.2 Å². The highest BCUT2D eigenvalue weighted by Crippen LogP contribution is 2.37. The van der Waals surface area contributed by atoms with Crippen molar-refractivity contribution in [3.05, 3.63) is 45.1 Å². The zero-order valence-electron chi connectivity index (χ0n) is 11.4. The average Bonchev–Trinajstić information content (AvgIpc) is 3.20. The molecular weight excluding hydrogens is 400 g/mol. The van der Waals surface area contributed by atoms with E-state index in [9.17, 15) is 4.79 Å². The lowest BCUT2D eigenvalue weighted by Gasteiger charge is -2.10. The second-order valence-corrected chi connectivity index (χ2v) is 6.85. The van der Waals surface area contributed by atoms with E-state index in [-0.39, 0.29) is 5.91 Å². The molecule has 0 atom stereocenters. The van der Waals surface area contributed by atoms with E-state index in [0.717, 1.165) is 21.8 Å². The van der Waals surface area contributed by atoms with Gasteiger partial charge in [0.25, 0.3) is 5.91 Å². The zero-order valence-corrected chi connectivity index (χ0v) is 14.6. The Morgan fingerprint density at radius 1 is 1.24 bits per heavy atom. The number of carbonyl (C=O) groups is 1. The summed E-state index contributed by atoms with van der Waals surface area (Å²) in [6.45, 7) is 0. The summed E-state index contributed by atoms with van der Waals surface area (Å²) in [6, 6.07) is 7.79. The van der Waals surface area contributed by atoms with Crippen molar-refractivity contribution in [2.24, 2.45) is 0 Å². The summed E-state index contributed by atoms with van der Waals surface area (Å²) in [6.07, 6.45) is 4.23. The van der Waals surface area contributed by atoms with Gasteiger partial charge in [-0.3, -0.25) is 4.79 Å².